The second-order valence-corrected chi connectivity index (χ2v) is 6.31. The lowest BCUT2D eigenvalue weighted by molar-refractivity contribution is 0.201. The molecule has 1 atom stereocenters. The third-order valence-corrected chi connectivity index (χ3v) is 3.81. The predicted molar refractivity (Wildman–Crippen MR) is 64.0 cm³/mol. The van der Waals surface area contributed by atoms with Crippen molar-refractivity contribution in [3.63, 3.8) is 0 Å². The number of methoxy groups -OCH3 is 1. The van der Waals surface area contributed by atoms with Gasteiger partial charge in [0.05, 0.1) is 17.6 Å². The highest BCUT2D eigenvalue weighted by Gasteiger charge is 2.16. The minimum Gasteiger partial charge on any atom is -0.383 e. The van der Waals surface area contributed by atoms with Gasteiger partial charge in [-0.25, -0.2) is 17.5 Å². The summed E-state index contributed by atoms with van der Waals surface area (Å²) in [5, 5.41) is 0. The molecule has 0 radical (unpaired) electrons. The Morgan fingerprint density at radius 3 is 2.88 bits per heavy atom. The maximum absolute atomic E-state index is 12.8. The summed E-state index contributed by atoms with van der Waals surface area (Å²) in [6.45, 7) is 0.511. The van der Waals surface area contributed by atoms with Crippen molar-refractivity contribution in [2.75, 3.05) is 20.3 Å². The molecule has 0 saturated heterocycles. The van der Waals surface area contributed by atoms with Gasteiger partial charge in [0.1, 0.15) is 10.7 Å². The molecule has 1 unspecified atom stereocenters. The zero-order valence-electron chi connectivity index (χ0n) is 9.06. The van der Waals surface area contributed by atoms with Crippen LogP contribution in [0.4, 0.5) is 4.39 Å². The second kappa shape index (κ2) is 6.39. The molecule has 8 heteroatoms. The SMILES string of the molecule is COCC(Br)CNS(=O)(=O)c1cncc(F)c1. The molecule has 1 heterocycles. The Hall–Kier alpha value is -0.570. The first-order valence-corrected chi connectivity index (χ1v) is 7.09. The van der Waals surface area contributed by atoms with Gasteiger partial charge >= 0.3 is 0 Å². The fourth-order valence-electron chi connectivity index (χ4n) is 1.06. The molecule has 17 heavy (non-hydrogen) atoms. The van der Waals surface area contributed by atoms with Crippen LogP contribution in [0.25, 0.3) is 0 Å². The van der Waals surface area contributed by atoms with Crippen molar-refractivity contribution in [3.8, 4) is 0 Å². The number of ether oxygens (including phenoxy) is 1. The average molecular weight is 327 g/mol. The topological polar surface area (TPSA) is 68.3 Å². The highest BCUT2D eigenvalue weighted by Crippen LogP contribution is 2.09. The number of aromatic nitrogens is 1. The lowest BCUT2D eigenvalue weighted by Crippen LogP contribution is -2.31. The quantitative estimate of drug-likeness (QED) is 0.789. The summed E-state index contributed by atoms with van der Waals surface area (Å²) in [7, 11) is -2.22. The minimum atomic E-state index is -3.73. The van der Waals surface area contributed by atoms with Crippen LogP contribution in [0.1, 0.15) is 0 Å². The van der Waals surface area contributed by atoms with Crippen molar-refractivity contribution in [1.82, 2.24) is 9.71 Å². The summed E-state index contributed by atoms with van der Waals surface area (Å²) in [4.78, 5) is 3.13. The molecule has 1 rings (SSSR count). The van der Waals surface area contributed by atoms with E-state index in [4.69, 9.17) is 4.74 Å². The minimum absolute atomic E-state index is 0.146. The number of sulfonamides is 1. The third kappa shape index (κ3) is 4.66. The van der Waals surface area contributed by atoms with Crippen molar-refractivity contribution >= 4 is 26.0 Å². The molecule has 0 bridgehead atoms. The number of hydrogen-bond acceptors (Lipinski definition) is 4. The number of alkyl halides is 1. The van der Waals surface area contributed by atoms with E-state index in [9.17, 15) is 12.8 Å². The van der Waals surface area contributed by atoms with Gasteiger partial charge in [-0.2, -0.15) is 0 Å². The van der Waals surface area contributed by atoms with Crippen molar-refractivity contribution in [1.29, 1.82) is 0 Å². The average Bonchev–Trinajstić information content (AvgIpc) is 2.27. The van der Waals surface area contributed by atoms with Crippen LogP contribution in [-0.4, -0.2) is 38.5 Å². The lowest BCUT2D eigenvalue weighted by Gasteiger charge is -2.10. The number of halogens is 2. The Kier molecular flexibility index (Phi) is 5.44. The van der Waals surface area contributed by atoms with E-state index in [1.165, 1.54) is 7.11 Å². The van der Waals surface area contributed by atoms with Crippen molar-refractivity contribution in [2.45, 2.75) is 9.72 Å². The van der Waals surface area contributed by atoms with Gasteiger partial charge in [0.2, 0.25) is 10.0 Å². The molecule has 0 fully saturated rings. The van der Waals surface area contributed by atoms with Crippen LogP contribution < -0.4 is 4.72 Å². The molecule has 1 N–H and O–H groups in total. The van der Waals surface area contributed by atoms with Crippen LogP contribution in [0.3, 0.4) is 0 Å². The number of rotatable bonds is 6. The molecule has 0 spiro atoms. The van der Waals surface area contributed by atoms with Gasteiger partial charge in [0, 0.05) is 19.9 Å². The van der Waals surface area contributed by atoms with E-state index in [1.807, 2.05) is 0 Å². The third-order valence-electron chi connectivity index (χ3n) is 1.83. The van der Waals surface area contributed by atoms with Gasteiger partial charge in [-0.15, -0.1) is 0 Å². The van der Waals surface area contributed by atoms with Crippen LogP contribution in [0, 0.1) is 5.82 Å². The molecule has 1 aromatic rings. The van der Waals surface area contributed by atoms with Crippen molar-refractivity contribution < 1.29 is 17.5 Å². The maximum atomic E-state index is 12.8. The monoisotopic (exact) mass is 326 g/mol. The normalized spacial score (nSPS) is 13.6. The zero-order chi connectivity index (χ0) is 12.9. The van der Waals surface area contributed by atoms with Gasteiger partial charge in [-0.1, -0.05) is 15.9 Å². The molecular formula is C9H12BrFN2O3S. The molecule has 0 saturated carbocycles. The fraction of sp³-hybridized carbons (Fsp3) is 0.444. The van der Waals surface area contributed by atoms with Gasteiger partial charge in [0.25, 0.3) is 0 Å². The molecule has 5 nitrogen and oxygen atoms in total. The first-order valence-electron chi connectivity index (χ1n) is 4.69. The standard InChI is InChI=1S/C9H12BrFN2O3S/c1-16-6-7(10)3-13-17(14,15)9-2-8(11)4-12-5-9/h2,4-5,7,13H,3,6H2,1H3. The summed E-state index contributed by atoms with van der Waals surface area (Å²) in [5.41, 5.74) is 0. The molecule has 0 amide bonds. The highest BCUT2D eigenvalue weighted by molar-refractivity contribution is 9.09. The molecule has 0 aliphatic heterocycles. The highest BCUT2D eigenvalue weighted by atomic mass is 79.9. The molecule has 0 aliphatic rings. The van der Waals surface area contributed by atoms with Crippen LogP contribution in [-0.2, 0) is 14.8 Å². The van der Waals surface area contributed by atoms with Crippen LogP contribution in [0.2, 0.25) is 0 Å². The fourth-order valence-corrected chi connectivity index (χ4v) is 2.76. The van der Waals surface area contributed by atoms with E-state index in [2.05, 4.69) is 25.6 Å². The van der Waals surface area contributed by atoms with Gasteiger partial charge in [-0.05, 0) is 6.07 Å². The van der Waals surface area contributed by atoms with E-state index in [-0.39, 0.29) is 16.3 Å². The Bertz CT molecular complexity index is 469. The van der Waals surface area contributed by atoms with E-state index in [1.54, 1.807) is 0 Å². The van der Waals surface area contributed by atoms with Crippen LogP contribution in [0.5, 0.6) is 0 Å². The number of nitrogens with one attached hydrogen (secondary N) is 1. The molecule has 0 aromatic carbocycles. The van der Waals surface area contributed by atoms with E-state index in [0.717, 1.165) is 18.5 Å². The summed E-state index contributed by atoms with van der Waals surface area (Å²) in [5.74, 6) is -0.694. The van der Waals surface area contributed by atoms with Crippen LogP contribution in [0.15, 0.2) is 23.4 Å². The van der Waals surface area contributed by atoms with Crippen molar-refractivity contribution in [3.05, 3.63) is 24.3 Å². The molecule has 0 aliphatic carbocycles. The Morgan fingerprint density at radius 2 is 2.29 bits per heavy atom. The number of hydrogen-bond donors (Lipinski definition) is 1. The second-order valence-electron chi connectivity index (χ2n) is 3.24. The lowest BCUT2D eigenvalue weighted by atomic mass is 10.5. The first kappa shape index (κ1) is 14.5. The summed E-state index contributed by atoms with van der Waals surface area (Å²) < 4.78 is 43.4. The summed E-state index contributed by atoms with van der Waals surface area (Å²) in [6.07, 6.45) is 2.03. The van der Waals surface area contributed by atoms with E-state index >= 15 is 0 Å². The Balaban J connectivity index is 2.69. The maximum Gasteiger partial charge on any atom is 0.242 e. The zero-order valence-corrected chi connectivity index (χ0v) is 11.5. The summed E-state index contributed by atoms with van der Waals surface area (Å²) >= 11 is 3.24. The molecular weight excluding hydrogens is 315 g/mol. The largest absolute Gasteiger partial charge is 0.383 e. The smallest absolute Gasteiger partial charge is 0.242 e. The Morgan fingerprint density at radius 1 is 1.59 bits per heavy atom. The van der Waals surface area contributed by atoms with Gasteiger partial charge in [0.15, 0.2) is 0 Å². The molecule has 96 valence electrons. The number of pyridine rings is 1. The predicted octanol–water partition coefficient (Wildman–Crippen LogP) is 0.909. The van der Waals surface area contributed by atoms with E-state index in [0.29, 0.717) is 6.61 Å². The number of nitrogens with zero attached hydrogens (tertiary/aromatic N) is 1. The Labute approximate surface area is 108 Å². The first-order chi connectivity index (χ1) is 7.95. The van der Waals surface area contributed by atoms with E-state index < -0.39 is 15.8 Å². The van der Waals surface area contributed by atoms with Gasteiger partial charge in [-0.3, -0.25) is 4.98 Å². The summed E-state index contributed by atoms with van der Waals surface area (Å²) in [6, 6.07) is 0.912. The van der Waals surface area contributed by atoms with Crippen LogP contribution >= 0.6 is 15.9 Å². The van der Waals surface area contributed by atoms with Crippen molar-refractivity contribution in [2.24, 2.45) is 0 Å². The molecule has 1 aromatic heterocycles. The van der Waals surface area contributed by atoms with Gasteiger partial charge < -0.3 is 4.74 Å².